The molecule has 0 radical (unpaired) electrons. The van der Waals surface area contributed by atoms with Crippen molar-refractivity contribution in [3.8, 4) is 17.2 Å². The zero-order valence-electron chi connectivity index (χ0n) is 10.6. The Morgan fingerprint density at radius 3 is 1.83 bits per heavy atom. The summed E-state index contributed by atoms with van der Waals surface area (Å²) in [5.74, 6) is -2.57. The third kappa shape index (κ3) is 2.09. The van der Waals surface area contributed by atoms with E-state index in [2.05, 4.69) is 0 Å². The predicted molar refractivity (Wildman–Crippen MR) is 62.7 cm³/mol. The Morgan fingerprint density at radius 2 is 1.50 bits per heavy atom. The second kappa shape index (κ2) is 4.63. The van der Waals surface area contributed by atoms with E-state index in [4.69, 9.17) is 14.2 Å². The van der Waals surface area contributed by atoms with Crippen LogP contribution in [0.3, 0.4) is 0 Å². The maximum absolute atomic E-state index is 14.1. The van der Waals surface area contributed by atoms with Gasteiger partial charge < -0.3 is 14.2 Å². The summed E-state index contributed by atoms with van der Waals surface area (Å²) in [5.41, 5.74) is -0.0838. The molecule has 0 aromatic heterocycles. The van der Waals surface area contributed by atoms with Crippen molar-refractivity contribution >= 4 is 0 Å². The number of methoxy groups -OCH3 is 3. The standard InChI is InChI=1S/C13H16F2O3/c1-16-10-6-9(13(14,15)8-4-5-8)7-11(17-2)12(10)18-3/h6-8H,4-5H2,1-3H3. The van der Waals surface area contributed by atoms with Crippen molar-refractivity contribution in [1.82, 2.24) is 0 Å². The number of ether oxygens (including phenoxy) is 3. The fourth-order valence-corrected chi connectivity index (χ4v) is 1.96. The molecule has 100 valence electrons. The van der Waals surface area contributed by atoms with Crippen LogP contribution < -0.4 is 14.2 Å². The van der Waals surface area contributed by atoms with Crippen LogP contribution in [-0.4, -0.2) is 21.3 Å². The smallest absolute Gasteiger partial charge is 0.276 e. The molecule has 0 unspecified atom stereocenters. The third-order valence-corrected chi connectivity index (χ3v) is 3.14. The summed E-state index contributed by atoms with van der Waals surface area (Å²) >= 11 is 0. The minimum atomic E-state index is -2.84. The van der Waals surface area contributed by atoms with Crippen LogP contribution in [0.5, 0.6) is 17.2 Å². The highest BCUT2D eigenvalue weighted by Gasteiger charge is 2.48. The largest absolute Gasteiger partial charge is 0.493 e. The second-order valence-electron chi connectivity index (χ2n) is 4.31. The number of alkyl halides is 2. The lowest BCUT2D eigenvalue weighted by molar-refractivity contribution is -0.0289. The maximum Gasteiger partial charge on any atom is 0.276 e. The molecule has 0 heterocycles. The SMILES string of the molecule is COc1cc(C(F)(F)C2CC2)cc(OC)c1OC. The first-order valence-corrected chi connectivity index (χ1v) is 5.72. The first kappa shape index (κ1) is 12.9. The van der Waals surface area contributed by atoms with Crippen molar-refractivity contribution in [3.05, 3.63) is 17.7 Å². The van der Waals surface area contributed by atoms with E-state index in [1.54, 1.807) is 0 Å². The Kier molecular flexibility index (Phi) is 3.32. The van der Waals surface area contributed by atoms with Crippen molar-refractivity contribution < 1.29 is 23.0 Å². The molecule has 0 bridgehead atoms. The highest BCUT2D eigenvalue weighted by atomic mass is 19.3. The van der Waals surface area contributed by atoms with Gasteiger partial charge in [-0.25, -0.2) is 8.78 Å². The molecule has 0 spiro atoms. The van der Waals surface area contributed by atoms with Gasteiger partial charge in [0.15, 0.2) is 11.5 Å². The minimum absolute atomic E-state index is 0.0838. The van der Waals surface area contributed by atoms with Crippen LogP contribution in [-0.2, 0) is 5.92 Å². The molecule has 1 aromatic carbocycles. The third-order valence-electron chi connectivity index (χ3n) is 3.14. The minimum Gasteiger partial charge on any atom is -0.493 e. The molecule has 3 nitrogen and oxygen atoms in total. The van der Waals surface area contributed by atoms with Gasteiger partial charge in [0.2, 0.25) is 5.75 Å². The van der Waals surface area contributed by atoms with Crippen LogP contribution in [0.25, 0.3) is 0 Å². The summed E-state index contributed by atoms with van der Waals surface area (Å²) in [6.07, 6.45) is 1.12. The lowest BCUT2D eigenvalue weighted by Gasteiger charge is -2.19. The molecule has 1 aliphatic carbocycles. The number of halogens is 2. The molecule has 1 fully saturated rings. The van der Waals surface area contributed by atoms with E-state index in [-0.39, 0.29) is 17.1 Å². The quantitative estimate of drug-likeness (QED) is 0.811. The first-order chi connectivity index (χ1) is 8.54. The molecule has 0 amide bonds. The maximum atomic E-state index is 14.1. The lowest BCUT2D eigenvalue weighted by Crippen LogP contribution is -2.16. The normalized spacial score (nSPS) is 15.4. The van der Waals surface area contributed by atoms with Crippen LogP contribution >= 0.6 is 0 Å². The number of rotatable bonds is 5. The van der Waals surface area contributed by atoms with Gasteiger partial charge in [-0.05, 0) is 25.0 Å². The van der Waals surface area contributed by atoms with Crippen molar-refractivity contribution in [2.45, 2.75) is 18.8 Å². The highest BCUT2D eigenvalue weighted by Crippen LogP contribution is 2.52. The average Bonchev–Trinajstić information content (AvgIpc) is 3.21. The van der Waals surface area contributed by atoms with Gasteiger partial charge in [-0.2, -0.15) is 0 Å². The lowest BCUT2D eigenvalue weighted by atomic mass is 10.0. The van der Waals surface area contributed by atoms with Gasteiger partial charge in [0.1, 0.15) is 0 Å². The topological polar surface area (TPSA) is 27.7 Å². The van der Waals surface area contributed by atoms with E-state index >= 15 is 0 Å². The molecule has 5 heteroatoms. The van der Waals surface area contributed by atoms with Gasteiger partial charge >= 0.3 is 0 Å². The van der Waals surface area contributed by atoms with Gasteiger partial charge in [-0.15, -0.1) is 0 Å². The fourth-order valence-electron chi connectivity index (χ4n) is 1.96. The number of hydrogen-bond donors (Lipinski definition) is 0. The average molecular weight is 258 g/mol. The molecule has 0 atom stereocenters. The van der Waals surface area contributed by atoms with E-state index in [0.717, 1.165) is 0 Å². The Morgan fingerprint density at radius 1 is 1.00 bits per heavy atom. The number of hydrogen-bond acceptors (Lipinski definition) is 3. The molecule has 1 aromatic rings. The van der Waals surface area contributed by atoms with Crippen LogP contribution in [0.2, 0.25) is 0 Å². The van der Waals surface area contributed by atoms with Crippen LogP contribution in [0.4, 0.5) is 8.78 Å². The van der Waals surface area contributed by atoms with E-state index in [0.29, 0.717) is 18.6 Å². The Balaban J connectivity index is 2.49. The van der Waals surface area contributed by atoms with E-state index in [9.17, 15) is 8.78 Å². The predicted octanol–water partition coefficient (Wildman–Crippen LogP) is 3.21. The molecule has 1 saturated carbocycles. The van der Waals surface area contributed by atoms with Crippen molar-refractivity contribution in [1.29, 1.82) is 0 Å². The summed E-state index contributed by atoms with van der Waals surface area (Å²) in [6.45, 7) is 0. The van der Waals surface area contributed by atoms with E-state index in [1.807, 2.05) is 0 Å². The van der Waals surface area contributed by atoms with Crippen molar-refractivity contribution in [2.24, 2.45) is 5.92 Å². The van der Waals surface area contributed by atoms with Gasteiger partial charge in [-0.3, -0.25) is 0 Å². The fraction of sp³-hybridized carbons (Fsp3) is 0.538. The van der Waals surface area contributed by atoms with E-state index in [1.165, 1.54) is 33.5 Å². The van der Waals surface area contributed by atoms with Crippen LogP contribution in [0.1, 0.15) is 18.4 Å². The van der Waals surface area contributed by atoms with Crippen molar-refractivity contribution in [2.75, 3.05) is 21.3 Å². The number of benzene rings is 1. The summed E-state index contributed by atoms with van der Waals surface area (Å²) in [5, 5.41) is 0. The van der Waals surface area contributed by atoms with Gasteiger partial charge in [0, 0.05) is 11.5 Å². The second-order valence-corrected chi connectivity index (χ2v) is 4.31. The molecule has 0 aliphatic heterocycles. The summed E-state index contributed by atoms with van der Waals surface area (Å²) in [7, 11) is 4.27. The summed E-state index contributed by atoms with van der Waals surface area (Å²) < 4.78 is 43.4. The molecular weight excluding hydrogens is 242 g/mol. The first-order valence-electron chi connectivity index (χ1n) is 5.72. The zero-order chi connectivity index (χ0) is 13.3. The monoisotopic (exact) mass is 258 g/mol. The summed E-state index contributed by atoms with van der Waals surface area (Å²) in [6, 6.07) is 2.64. The Hall–Kier alpha value is -1.52. The molecule has 0 N–H and O–H groups in total. The Bertz CT molecular complexity index is 417. The van der Waals surface area contributed by atoms with E-state index < -0.39 is 11.8 Å². The molecule has 18 heavy (non-hydrogen) atoms. The zero-order valence-corrected chi connectivity index (χ0v) is 10.6. The molecule has 0 saturated heterocycles. The van der Waals surface area contributed by atoms with Crippen LogP contribution in [0, 0.1) is 5.92 Å². The van der Waals surface area contributed by atoms with Crippen LogP contribution in [0.15, 0.2) is 12.1 Å². The highest BCUT2D eigenvalue weighted by molar-refractivity contribution is 5.54. The summed E-state index contributed by atoms with van der Waals surface area (Å²) in [4.78, 5) is 0. The molecule has 2 rings (SSSR count). The van der Waals surface area contributed by atoms with Gasteiger partial charge in [-0.1, -0.05) is 0 Å². The van der Waals surface area contributed by atoms with Gasteiger partial charge in [0.25, 0.3) is 5.92 Å². The van der Waals surface area contributed by atoms with Crippen molar-refractivity contribution in [3.63, 3.8) is 0 Å². The molecule has 1 aliphatic rings. The Labute approximate surface area is 105 Å². The van der Waals surface area contributed by atoms with Gasteiger partial charge in [0.05, 0.1) is 21.3 Å². The molecular formula is C13H16F2O3.